The largest absolute Gasteiger partial charge is 0.466 e. The van der Waals surface area contributed by atoms with Gasteiger partial charge in [0, 0.05) is 6.42 Å². The van der Waals surface area contributed by atoms with E-state index in [1.165, 1.54) is 13.2 Å². The third kappa shape index (κ3) is 3.52. The van der Waals surface area contributed by atoms with Crippen molar-refractivity contribution >= 4 is 5.97 Å². The van der Waals surface area contributed by atoms with E-state index in [1.807, 2.05) is 0 Å². The van der Waals surface area contributed by atoms with Crippen LogP contribution >= 0.6 is 0 Å². The fraction of sp³-hybridized carbons (Fsp3) is 0.750. The summed E-state index contributed by atoms with van der Waals surface area (Å²) in [5.74, 6) is 0.212. The van der Waals surface area contributed by atoms with Gasteiger partial charge < -0.3 is 14.2 Å². The lowest BCUT2D eigenvalue weighted by Gasteiger charge is -2.07. The van der Waals surface area contributed by atoms with E-state index in [0.717, 1.165) is 25.7 Å². The lowest BCUT2D eigenvalue weighted by Crippen LogP contribution is -2.11. The summed E-state index contributed by atoms with van der Waals surface area (Å²) in [6.45, 7) is 4.15. The van der Waals surface area contributed by atoms with Crippen LogP contribution in [0, 0.1) is 0 Å². The number of ether oxygens (including phenoxy) is 3. The number of esters is 1. The van der Waals surface area contributed by atoms with Crippen LogP contribution in [0.2, 0.25) is 0 Å². The Hall–Kier alpha value is -1.03. The number of hydrogen-bond acceptors (Lipinski definition) is 4. The van der Waals surface area contributed by atoms with Crippen LogP contribution in [0.25, 0.3) is 0 Å². The Bertz CT molecular complexity index is 260. The van der Waals surface area contributed by atoms with Crippen molar-refractivity contribution in [3.05, 3.63) is 11.8 Å². The molecule has 1 fully saturated rings. The van der Waals surface area contributed by atoms with Crippen LogP contribution in [0.5, 0.6) is 0 Å². The molecule has 0 aliphatic carbocycles. The lowest BCUT2D eigenvalue weighted by atomic mass is 10.2. The average molecular weight is 228 g/mol. The summed E-state index contributed by atoms with van der Waals surface area (Å²) in [4.78, 5) is 11.1. The number of methoxy groups -OCH3 is 1. The Balaban J connectivity index is 2.65. The van der Waals surface area contributed by atoms with Gasteiger partial charge in [0.15, 0.2) is 6.29 Å². The molecule has 0 radical (unpaired) electrons. The summed E-state index contributed by atoms with van der Waals surface area (Å²) in [6.07, 6.45) is 4.77. The third-order valence-electron chi connectivity index (χ3n) is 2.44. The van der Waals surface area contributed by atoms with Gasteiger partial charge in [-0.2, -0.15) is 0 Å². The summed E-state index contributed by atoms with van der Waals surface area (Å²) < 4.78 is 15.9. The van der Waals surface area contributed by atoms with Crippen molar-refractivity contribution in [2.45, 2.75) is 51.9 Å². The van der Waals surface area contributed by atoms with Gasteiger partial charge in [-0.05, 0) is 6.42 Å². The molecule has 4 nitrogen and oxygen atoms in total. The molecule has 0 spiro atoms. The zero-order valence-electron chi connectivity index (χ0n) is 10.2. The minimum atomic E-state index is -0.392. The van der Waals surface area contributed by atoms with Crippen molar-refractivity contribution < 1.29 is 19.0 Å². The first-order valence-corrected chi connectivity index (χ1v) is 5.82. The van der Waals surface area contributed by atoms with Crippen molar-refractivity contribution in [1.29, 1.82) is 0 Å². The van der Waals surface area contributed by atoms with Crippen LogP contribution in [0.15, 0.2) is 11.8 Å². The maximum atomic E-state index is 11.1. The first kappa shape index (κ1) is 13.0. The molecule has 1 aliphatic heterocycles. The molecule has 0 saturated carbocycles. The number of carbonyl (C=O) groups excluding carboxylic acids is 1. The molecule has 2 unspecified atom stereocenters. The normalized spacial score (nSPS) is 26.8. The topological polar surface area (TPSA) is 44.8 Å². The molecule has 16 heavy (non-hydrogen) atoms. The zero-order chi connectivity index (χ0) is 12.0. The molecule has 0 amide bonds. The van der Waals surface area contributed by atoms with E-state index < -0.39 is 5.97 Å². The minimum absolute atomic E-state index is 0.0966. The summed E-state index contributed by atoms with van der Waals surface area (Å²) >= 11 is 0. The highest BCUT2D eigenvalue weighted by Crippen LogP contribution is 2.28. The van der Waals surface area contributed by atoms with Gasteiger partial charge in [0.1, 0.15) is 11.9 Å². The molecule has 0 bridgehead atoms. The predicted octanol–water partition coefficient (Wildman–Crippen LogP) is 2.39. The van der Waals surface area contributed by atoms with Crippen LogP contribution in [0.4, 0.5) is 0 Å². The molecule has 4 heteroatoms. The molecule has 0 aromatic rings. The molecule has 1 saturated heterocycles. The Morgan fingerprint density at radius 2 is 2.06 bits per heavy atom. The standard InChI is InChI=1S/C12H20O4/c1-4-6-9-10(8-11(13)14-3)16-12(15-9)7-5-2/h8-9,12H,4-7H2,1-3H3/b10-8+. The number of rotatable bonds is 5. The molecule has 0 aromatic carbocycles. The SMILES string of the molecule is CCCC1O/C(=C/C(=O)OC)C(CCC)O1. The van der Waals surface area contributed by atoms with Crippen molar-refractivity contribution in [3.63, 3.8) is 0 Å². The summed E-state index contributed by atoms with van der Waals surface area (Å²) in [6, 6.07) is 0. The molecule has 0 N–H and O–H groups in total. The highest BCUT2D eigenvalue weighted by molar-refractivity contribution is 5.82. The quantitative estimate of drug-likeness (QED) is 0.535. The minimum Gasteiger partial charge on any atom is -0.466 e. The molecule has 1 heterocycles. The molecular formula is C12H20O4. The van der Waals surface area contributed by atoms with Crippen molar-refractivity contribution in [1.82, 2.24) is 0 Å². The van der Waals surface area contributed by atoms with Gasteiger partial charge in [0.25, 0.3) is 0 Å². The van der Waals surface area contributed by atoms with Gasteiger partial charge >= 0.3 is 5.97 Å². The molecule has 92 valence electrons. The van der Waals surface area contributed by atoms with Gasteiger partial charge in [0.2, 0.25) is 0 Å². The van der Waals surface area contributed by atoms with Crippen LogP contribution < -0.4 is 0 Å². The zero-order valence-corrected chi connectivity index (χ0v) is 10.2. The molecule has 1 aliphatic rings. The van der Waals surface area contributed by atoms with Gasteiger partial charge in [0.05, 0.1) is 13.2 Å². The highest BCUT2D eigenvalue weighted by atomic mass is 16.7. The van der Waals surface area contributed by atoms with E-state index in [1.54, 1.807) is 0 Å². The Morgan fingerprint density at radius 1 is 1.38 bits per heavy atom. The van der Waals surface area contributed by atoms with Crippen molar-refractivity contribution in [2.75, 3.05) is 7.11 Å². The second kappa shape index (κ2) is 6.53. The van der Waals surface area contributed by atoms with E-state index in [-0.39, 0.29) is 12.4 Å². The first-order chi connectivity index (χ1) is 7.71. The van der Waals surface area contributed by atoms with Crippen LogP contribution in [0.1, 0.15) is 39.5 Å². The summed E-state index contributed by atoms with van der Waals surface area (Å²) in [5, 5.41) is 0. The maximum Gasteiger partial charge on any atom is 0.333 e. The van der Waals surface area contributed by atoms with Gasteiger partial charge in [-0.15, -0.1) is 0 Å². The third-order valence-corrected chi connectivity index (χ3v) is 2.44. The summed E-state index contributed by atoms with van der Waals surface area (Å²) in [5.41, 5.74) is 0. The molecule has 0 aromatic heterocycles. The smallest absolute Gasteiger partial charge is 0.333 e. The Labute approximate surface area is 96.6 Å². The van der Waals surface area contributed by atoms with Crippen molar-refractivity contribution in [2.24, 2.45) is 0 Å². The predicted molar refractivity (Wildman–Crippen MR) is 59.7 cm³/mol. The highest BCUT2D eigenvalue weighted by Gasteiger charge is 2.31. The number of carbonyl (C=O) groups is 1. The number of hydrogen-bond donors (Lipinski definition) is 0. The van der Waals surface area contributed by atoms with E-state index in [9.17, 15) is 4.79 Å². The van der Waals surface area contributed by atoms with E-state index in [0.29, 0.717) is 5.76 Å². The summed E-state index contributed by atoms with van der Waals surface area (Å²) in [7, 11) is 1.35. The monoisotopic (exact) mass is 228 g/mol. The van der Waals surface area contributed by atoms with Gasteiger partial charge in [-0.25, -0.2) is 4.79 Å². The molecule has 1 rings (SSSR count). The van der Waals surface area contributed by atoms with E-state index in [4.69, 9.17) is 9.47 Å². The first-order valence-electron chi connectivity index (χ1n) is 5.82. The van der Waals surface area contributed by atoms with E-state index >= 15 is 0 Å². The van der Waals surface area contributed by atoms with Crippen LogP contribution in [0.3, 0.4) is 0 Å². The second-order valence-corrected chi connectivity index (χ2v) is 3.82. The molecule has 2 atom stereocenters. The Morgan fingerprint density at radius 3 is 2.62 bits per heavy atom. The molecular weight excluding hydrogens is 208 g/mol. The average Bonchev–Trinajstić information content (AvgIpc) is 2.62. The van der Waals surface area contributed by atoms with Gasteiger partial charge in [-0.1, -0.05) is 26.7 Å². The van der Waals surface area contributed by atoms with Crippen molar-refractivity contribution in [3.8, 4) is 0 Å². The Kier molecular flexibility index (Phi) is 5.32. The van der Waals surface area contributed by atoms with E-state index in [2.05, 4.69) is 18.6 Å². The second-order valence-electron chi connectivity index (χ2n) is 3.82. The van der Waals surface area contributed by atoms with Crippen LogP contribution in [-0.2, 0) is 19.0 Å². The van der Waals surface area contributed by atoms with Crippen LogP contribution in [-0.4, -0.2) is 25.5 Å². The van der Waals surface area contributed by atoms with Gasteiger partial charge in [-0.3, -0.25) is 0 Å². The fourth-order valence-corrected chi connectivity index (χ4v) is 1.64. The fourth-order valence-electron chi connectivity index (χ4n) is 1.64. The maximum absolute atomic E-state index is 11.1. The lowest BCUT2D eigenvalue weighted by molar-refractivity contribution is -0.135.